The van der Waals surface area contributed by atoms with Crippen LogP contribution in [0.15, 0.2) is 42.7 Å². The lowest BCUT2D eigenvalue weighted by Gasteiger charge is -2.35. The maximum absolute atomic E-state index is 13.6. The Morgan fingerprint density at radius 2 is 1.79 bits per heavy atom. The van der Waals surface area contributed by atoms with Crippen molar-refractivity contribution < 1.29 is 37.8 Å². The third-order valence-corrected chi connectivity index (χ3v) is 8.77. The van der Waals surface area contributed by atoms with Gasteiger partial charge in [-0.2, -0.15) is 0 Å². The number of carbonyl (C=O) groups excluding carboxylic acids is 4. The molecule has 3 heterocycles. The highest BCUT2D eigenvalue weighted by atomic mass is 19.1. The Morgan fingerprint density at radius 1 is 1.02 bits per heavy atom. The number of benzene rings is 1. The summed E-state index contributed by atoms with van der Waals surface area (Å²) in [6, 6.07) is 8.36. The molecule has 1 aromatic heterocycles. The van der Waals surface area contributed by atoms with Crippen LogP contribution in [0, 0.1) is 11.8 Å². The molecule has 262 valence electrons. The van der Waals surface area contributed by atoms with Crippen LogP contribution < -0.4 is 10.1 Å². The summed E-state index contributed by atoms with van der Waals surface area (Å²) in [5.41, 5.74) is 1.63. The molecule has 1 N–H and O–H groups in total. The van der Waals surface area contributed by atoms with Crippen molar-refractivity contribution in [1.29, 1.82) is 0 Å². The first-order chi connectivity index (χ1) is 23.0. The van der Waals surface area contributed by atoms with Gasteiger partial charge in [-0.25, -0.2) is 9.18 Å². The number of nitrogens with zero attached hydrogens (tertiary/aromatic N) is 3. The number of pyridine rings is 1. The van der Waals surface area contributed by atoms with Gasteiger partial charge in [-0.1, -0.05) is 12.1 Å². The van der Waals surface area contributed by atoms with Gasteiger partial charge in [0.2, 0.25) is 11.8 Å². The minimum atomic E-state index is -0.694. The highest BCUT2D eigenvalue weighted by molar-refractivity contribution is 5.82. The Hall–Kier alpha value is -4.22. The number of alkyl halides is 1. The van der Waals surface area contributed by atoms with Gasteiger partial charge in [0.05, 0.1) is 25.5 Å². The number of halogens is 1. The second kappa shape index (κ2) is 17.3. The van der Waals surface area contributed by atoms with Crippen molar-refractivity contribution >= 4 is 23.9 Å². The molecule has 0 radical (unpaired) electrons. The van der Waals surface area contributed by atoms with E-state index in [1.807, 2.05) is 32.9 Å². The van der Waals surface area contributed by atoms with E-state index in [4.69, 9.17) is 14.2 Å². The van der Waals surface area contributed by atoms with Crippen LogP contribution in [0.5, 0.6) is 5.75 Å². The highest BCUT2D eigenvalue weighted by Crippen LogP contribution is 2.29. The van der Waals surface area contributed by atoms with Crippen molar-refractivity contribution in [2.45, 2.75) is 77.4 Å². The van der Waals surface area contributed by atoms with Crippen LogP contribution in [0.1, 0.15) is 77.3 Å². The number of hydrogen-bond acceptors (Lipinski definition) is 8. The van der Waals surface area contributed by atoms with Gasteiger partial charge < -0.3 is 29.3 Å². The quantitative estimate of drug-likeness (QED) is 0.295. The number of aromatic nitrogens is 1. The van der Waals surface area contributed by atoms with E-state index in [0.29, 0.717) is 62.7 Å². The summed E-state index contributed by atoms with van der Waals surface area (Å²) in [6.45, 7) is 7.07. The summed E-state index contributed by atoms with van der Waals surface area (Å²) >= 11 is 0. The summed E-state index contributed by atoms with van der Waals surface area (Å²) in [6.07, 6.45) is 7.03. The molecule has 2 aliphatic heterocycles. The molecule has 0 bridgehead atoms. The van der Waals surface area contributed by atoms with Crippen LogP contribution in [0.3, 0.4) is 0 Å². The zero-order valence-corrected chi connectivity index (χ0v) is 28.5. The van der Waals surface area contributed by atoms with Gasteiger partial charge in [0.1, 0.15) is 24.6 Å². The molecule has 3 amide bonds. The number of carbonyl (C=O) groups is 4. The molecule has 2 fully saturated rings. The van der Waals surface area contributed by atoms with Gasteiger partial charge in [-0.15, -0.1) is 0 Å². The smallest absolute Gasteiger partial charge is 0.410 e. The molecule has 11 nitrogen and oxygen atoms in total. The van der Waals surface area contributed by atoms with E-state index >= 15 is 0 Å². The summed E-state index contributed by atoms with van der Waals surface area (Å²) in [5, 5.41) is 3.03. The first kappa shape index (κ1) is 36.6. The van der Waals surface area contributed by atoms with Crippen molar-refractivity contribution in [3.63, 3.8) is 0 Å². The van der Waals surface area contributed by atoms with Crippen molar-refractivity contribution in [3.05, 3.63) is 48.3 Å². The molecule has 1 aromatic carbocycles. The Labute approximate surface area is 282 Å². The summed E-state index contributed by atoms with van der Waals surface area (Å²) in [4.78, 5) is 59.5. The monoisotopic (exact) mass is 668 g/mol. The molecule has 4 rings (SSSR count). The summed E-state index contributed by atoms with van der Waals surface area (Å²) in [7, 11) is 1.30. The highest BCUT2D eigenvalue weighted by Gasteiger charge is 2.32. The van der Waals surface area contributed by atoms with E-state index in [2.05, 4.69) is 10.3 Å². The third kappa shape index (κ3) is 10.9. The van der Waals surface area contributed by atoms with Crippen molar-refractivity contribution in [3.8, 4) is 16.9 Å². The molecular weight excluding hydrogens is 619 g/mol. The average Bonchev–Trinajstić information content (AvgIpc) is 3.09. The molecule has 0 saturated carbocycles. The van der Waals surface area contributed by atoms with Crippen LogP contribution in [-0.4, -0.2) is 90.8 Å². The number of ether oxygens (including phenoxy) is 3. The van der Waals surface area contributed by atoms with E-state index in [1.165, 1.54) is 7.11 Å². The molecule has 12 heteroatoms. The second-order valence-corrected chi connectivity index (χ2v) is 13.5. The standard InChI is InChI=1S/C36H49FN4O7/c1-36(2,3)48-35(45)40-16-12-25(13-17-40)10-11-32(42)41-15-6-8-27(24-41)34(44)39-31(21-33(43)46-4)29-19-28(22-38-23-29)26-7-5-9-30(20-26)47-18-14-37/h5,7,9,19-20,22-23,25,27,31H,6,8,10-18,21,24H2,1-4H3,(H,39,44)/t27-,31?/m1/s1. The molecular formula is C36H49FN4O7. The van der Waals surface area contributed by atoms with Crippen molar-refractivity contribution in [2.24, 2.45) is 11.8 Å². The molecule has 0 spiro atoms. The lowest BCUT2D eigenvalue weighted by molar-refractivity contribution is -0.141. The number of amides is 3. The third-order valence-electron chi connectivity index (χ3n) is 8.77. The largest absolute Gasteiger partial charge is 0.491 e. The minimum Gasteiger partial charge on any atom is -0.491 e. The maximum Gasteiger partial charge on any atom is 0.410 e. The van der Waals surface area contributed by atoms with Crippen LogP contribution in [0.2, 0.25) is 0 Å². The molecule has 48 heavy (non-hydrogen) atoms. The number of rotatable bonds is 12. The van der Waals surface area contributed by atoms with E-state index in [0.717, 1.165) is 30.4 Å². The second-order valence-electron chi connectivity index (χ2n) is 13.5. The lowest BCUT2D eigenvalue weighted by atomic mass is 9.91. The molecule has 0 aliphatic carbocycles. The fourth-order valence-corrected chi connectivity index (χ4v) is 6.15. The van der Waals surface area contributed by atoms with E-state index in [1.54, 1.807) is 40.4 Å². The number of esters is 1. The van der Waals surface area contributed by atoms with Gasteiger partial charge in [0, 0.05) is 50.6 Å². The van der Waals surface area contributed by atoms with Gasteiger partial charge in [0.25, 0.3) is 0 Å². The fourth-order valence-electron chi connectivity index (χ4n) is 6.15. The van der Waals surface area contributed by atoms with E-state index in [9.17, 15) is 23.6 Å². The zero-order chi connectivity index (χ0) is 34.7. The Bertz CT molecular complexity index is 1410. The van der Waals surface area contributed by atoms with Gasteiger partial charge >= 0.3 is 12.1 Å². The number of piperidine rings is 2. The van der Waals surface area contributed by atoms with Gasteiger partial charge in [-0.05, 0) is 88.1 Å². The van der Waals surface area contributed by atoms with E-state index < -0.39 is 30.2 Å². The fraction of sp³-hybridized carbons (Fsp3) is 0.583. The maximum atomic E-state index is 13.6. The van der Waals surface area contributed by atoms with Crippen LogP contribution in [-0.2, 0) is 23.9 Å². The number of hydrogen-bond donors (Lipinski definition) is 1. The lowest BCUT2D eigenvalue weighted by Crippen LogP contribution is -2.46. The average molecular weight is 669 g/mol. The summed E-state index contributed by atoms with van der Waals surface area (Å²) in [5.74, 6) is -0.226. The Kier molecular flexibility index (Phi) is 13.2. The molecule has 2 aliphatic rings. The zero-order valence-electron chi connectivity index (χ0n) is 28.5. The van der Waals surface area contributed by atoms with Crippen LogP contribution in [0.4, 0.5) is 9.18 Å². The number of nitrogens with one attached hydrogen (secondary N) is 1. The van der Waals surface area contributed by atoms with Crippen molar-refractivity contribution in [2.75, 3.05) is 46.6 Å². The molecule has 2 aromatic rings. The predicted molar refractivity (Wildman–Crippen MR) is 178 cm³/mol. The van der Waals surface area contributed by atoms with Crippen LogP contribution >= 0.6 is 0 Å². The van der Waals surface area contributed by atoms with Gasteiger partial charge in [-0.3, -0.25) is 19.4 Å². The normalized spacial score (nSPS) is 17.7. The van der Waals surface area contributed by atoms with Gasteiger partial charge in [0.15, 0.2) is 0 Å². The predicted octanol–water partition coefficient (Wildman–Crippen LogP) is 5.48. The first-order valence-electron chi connectivity index (χ1n) is 16.8. The first-order valence-corrected chi connectivity index (χ1v) is 16.8. The Morgan fingerprint density at radius 3 is 2.50 bits per heavy atom. The number of likely N-dealkylation sites (tertiary alicyclic amines) is 2. The van der Waals surface area contributed by atoms with E-state index in [-0.39, 0.29) is 30.9 Å². The van der Waals surface area contributed by atoms with Crippen LogP contribution in [0.25, 0.3) is 11.1 Å². The minimum absolute atomic E-state index is 0.0304. The molecule has 2 atom stereocenters. The Balaban J connectivity index is 1.33. The number of methoxy groups -OCH3 is 1. The summed E-state index contributed by atoms with van der Waals surface area (Å²) < 4.78 is 28.4. The van der Waals surface area contributed by atoms with Crippen molar-refractivity contribution in [1.82, 2.24) is 20.1 Å². The SMILES string of the molecule is COC(=O)CC(NC(=O)[C@@H]1CCCN(C(=O)CCC2CCN(C(=O)OC(C)(C)C)CC2)C1)c1cncc(-c2cccc(OCCF)c2)c1. The topological polar surface area (TPSA) is 127 Å². The molecule has 2 saturated heterocycles. The molecule has 1 unspecified atom stereocenters.